The third-order valence-electron chi connectivity index (χ3n) is 2.78. The molecular formula is C9H13NO3. The highest BCUT2D eigenvalue weighted by molar-refractivity contribution is 5.79. The van der Waals surface area contributed by atoms with Crippen LogP contribution in [0.5, 0.6) is 0 Å². The molecule has 72 valence electrons. The number of ether oxygens (including phenoxy) is 1. The molecule has 2 atom stereocenters. The molecule has 4 heteroatoms. The van der Waals surface area contributed by atoms with Crippen molar-refractivity contribution >= 4 is 12.2 Å². The van der Waals surface area contributed by atoms with E-state index in [1.807, 2.05) is 0 Å². The first-order chi connectivity index (χ1) is 6.33. The molecule has 4 nitrogen and oxygen atoms in total. The maximum absolute atomic E-state index is 11.4. The van der Waals surface area contributed by atoms with Crippen molar-refractivity contribution in [3.8, 4) is 0 Å². The molecule has 0 aromatic carbocycles. The summed E-state index contributed by atoms with van der Waals surface area (Å²) in [6.45, 7) is 1.78. The molecular weight excluding hydrogens is 170 g/mol. The molecule has 0 spiro atoms. The Morgan fingerprint density at radius 2 is 2.31 bits per heavy atom. The molecule has 2 unspecified atom stereocenters. The van der Waals surface area contributed by atoms with E-state index in [1.165, 1.54) is 0 Å². The Bertz CT molecular complexity index is 229. The summed E-state index contributed by atoms with van der Waals surface area (Å²) >= 11 is 0. The highest BCUT2D eigenvalue weighted by Gasteiger charge is 2.37. The molecule has 0 aliphatic carbocycles. The van der Waals surface area contributed by atoms with Crippen LogP contribution in [0.15, 0.2) is 0 Å². The molecule has 0 radical (unpaired) electrons. The van der Waals surface area contributed by atoms with Gasteiger partial charge in [0.25, 0.3) is 0 Å². The second-order valence-electron chi connectivity index (χ2n) is 3.60. The Morgan fingerprint density at radius 3 is 2.92 bits per heavy atom. The minimum atomic E-state index is -0.109. The molecule has 0 N–H and O–H groups in total. The Kier molecular flexibility index (Phi) is 2.31. The minimum absolute atomic E-state index is 0.00694. The van der Waals surface area contributed by atoms with Crippen LogP contribution in [-0.4, -0.2) is 42.9 Å². The molecule has 2 heterocycles. The second-order valence-corrected chi connectivity index (χ2v) is 3.60. The Balaban J connectivity index is 2.06. The minimum Gasteiger partial charge on any atom is -0.378 e. The van der Waals surface area contributed by atoms with Crippen LogP contribution in [0.25, 0.3) is 0 Å². The summed E-state index contributed by atoms with van der Waals surface area (Å²) < 4.78 is 5.20. The van der Waals surface area contributed by atoms with E-state index in [-0.39, 0.29) is 17.9 Å². The van der Waals surface area contributed by atoms with E-state index in [0.29, 0.717) is 19.6 Å². The van der Waals surface area contributed by atoms with E-state index in [9.17, 15) is 9.59 Å². The van der Waals surface area contributed by atoms with Crippen molar-refractivity contribution in [3.63, 3.8) is 0 Å². The van der Waals surface area contributed by atoms with Crippen LogP contribution in [-0.2, 0) is 14.3 Å². The number of likely N-dealkylation sites (tertiary alicyclic amines) is 1. The fourth-order valence-electron chi connectivity index (χ4n) is 2.03. The standard InChI is InChI=1S/C9H13NO3/c11-4-7-5-13-6-8(7)10-3-1-2-9(10)12/h4,7-8H,1-3,5-6H2. The van der Waals surface area contributed by atoms with Gasteiger partial charge in [0.15, 0.2) is 0 Å². The first kappa shape index (κ1) is 8.69. The summed E-state index contributed by atoms with van der Waals surface area (Å²) in [4.78, 5) is 23.8. The average Bonchev–Trinajstić information content (AvgIpc) is 2.71. The molecule has 2 aliphatic rings. The van der Waals surface area contributed by atoms with E-state index in [2.05, 4.69) is 0 Å². The molecule has 0 aromatic rings. The Hall–Kier alpha value is -0.900. The van der Waals surface area contributed by atoms with Crippen molar-refractivity contribution in [3.05, 3.63) is 0 Å². The zero-order valence-electron chi connectivity index (χ0n) is 7.44. The Morgan fingerprint density at radius 1 is 1.46 bits per heavy atom. The summed E-state index contributed by atoms with van der Waals surface area (Å²) in [6.07, 6.45) is 2.45. The van der Waals surface area contributed by atoms with Crippen LogP contribution in [0.2, 0.25) is 0 Å². The molecule has 0 saturated carbocycles. The van der Waals surface area contributed by atoms with E-state index in [1.54, 1.807) is 4.90 Å². The summed E-state index contributed by atoms with van der Waals surface area (Å²) in [5.41, 5.74) is 0. The van der Waals surface area contributed by atoms with Crippen LogP contribution in [0.1, 0.15) is 12.8 Å². The van der Waals surface area contributed by atoms with Gasteiger partial charge in [0.1, 0.15) is 6.29 Å². The number of nitrogens with zero attached hydrogens (tertiary/aromatic N) is 1. The maximum Gasteiger partial charge on any atom is 0.222 e. The molecule has 0 aromatic heterocycles. The lowest BCUT2D eigenvalue weighted by Gasteiger charge is -2.24. The van der Waals surface area contributed by atoms with Gasteiger partial charge in [-0.3, -0.25) is 4.79 Å². The monoisotopic (exact) mass is 183 g/mol. The van der Waals surface area contributed by atoms with Gasteiger partial charge in [-0.1, -0.05) is 0 Å². The van der Waals surface area contributed by atoms with Crippen molar-refractivity contribution in [2.45, 2.75) is 18.9 Å². The zero-order chi connectivity index (χ0) is 9.26. The third kappa shape index (κ3) is 1.46. The summed E-state index contributed by atoms with van der Waals surface area (Å²) in [6, 6.07) is 0.00694. The van der Waals surface area contributed by atoms with Crippen molar-refractivity contribution in [1.29, 1.82) is 0 Å². The fraction of sp³-hybridized carbons (Fsp3) is 0.778. The van der Waals surface area contributed by atoms with Crippen LogP contribution >= 0.6 is 0 Å². The molecule has 2 saturated heterocycles. The highest BCUT2D eigenvalue weighted by Crippen LogP contribution is 2.22. The van der Waals surface area contributed by atoms with Crippen LogP contribution < -0.4 is 0 Å². The number of hydrogen-bond acceptors (Lipinski definition) is 3. The van der Waals surface area contributed by atoms with Gasteiger partial charge in [0.05, 0.1) is 25.2 Å². The van der Waals surface area contributed by atoms with E-state index in [4.69, 9.17) is 4.74 Å². The van der Waals surface area contributed by atoms with Gasteiger partial charge in [-0.05, 0) is 6.42 Å². The molecule has 2 fully saturated rings. The predicted molar refractivity (Wildman–Crippen MR) is 45.1 cm³/mol. The zero-order valence-corrected chi connectivity index (χ0v) is 7.44. The van der Waals surface area contributed by atoms with Crippen LogP contribution in [0, 0.1) is 5.92 Å². The lowest BCUT2D eigenvalue weighted by Crippen LogP contribution is -2.41. The third-order valence-corrected chi connectivity index (χ3v) is 2.78. The quantitative estimate of drug-likeness (QED) is 0.558. The second kappa shape index (κ2) is 3.46. The SMILES string of the molecule is O=CC1COCC1N1CCCC1=O. The van der Waals surface area contributed by atoms with Gasteiger partial charge >= 0.3 is 0 Å². The predicted octanol–water partition coefficient (Wildman–Crippen LogP) is -0.177. The van der Waals surface area contributed by atoms with E-state index < -0.39 is 0 Å². The number of rotatable bonds is 2. The number of carbonyl (C=O) groups excluding carboxylic acids is 2. The van der Waals surface area contributed by atoms with E-state index >= 15 is 0 Å². The van der Waals surface area contributed by atoms with Crippen molar-refractivity contribution in [2.75, 3.05) is 19.8 Å². The van der Waals surface area contributed by atoms with Gasteiger partial charge in [-0.25, -0.2) is 0 Å². The lowest BCUT2D eigenvalue weighted by atomic mass is 10.0. The molecule has 2 aliphatic heterocycles. The van der Waals surface area contributed by atoms with Gasteiger partial charge < -0.3 is 14.4 Å². The molecule has 1 amide bonds. The number of aldehydes is 1. The first-order valence-corrected chi connectivity index (χ1v) is 4.65. The van der Waals surface area contributed by atoms with Crippen molar-refractivity contribution in [2.24, 2.45) is 5.92 Å². The molecule has 0 bridgehead atoms. The van der Waals surface area contributed by atoms with Crippen molar-refractivity contribution < 1.29 is 14.3 Å². The summed E-state index contributed by atoms with van der Waals surface area (Å²) in [7, 11) is 0. The average molecular weight is 183 g/mol. The topological polar surface area (TPSA) is 46.6 Å². The van der Waals surface area contributed by atoms with E-state index in [0.717, 1.165) is 19.3 Å². The van der Waals surface area contributed by atoms with Gasteiger partial charge in [-0.15, -0.1) is 0 Å². The van der Waals surface area contributed by atoms with Crippen LogP contribution in [0.3, 0.4) is 0 Å². The van der Waals surface area contributed by atoms with Crippen LogP contribution in [0.4, 0.5) is 0 Å². The Labute approximate surface area is 76.8 Å². The summed E-state index contributed by atoms with van der Waals surface area (Å²) in [5, 5.41) is 0. The highest BCUT2D eigenvalue weighted by atomic mass is 16.5. The largest absolute Gasteiger partial charge is 0.378 e. The van der Waals surface area contributed by atoms with Gasteiger partial charge in [-0.2, -0.15) is 0 Å². The lowest BCUT2D eigenvalue weighted by molar-refractivity contribution is -0.130. The molecule has 2 rings (SSSR count). The number of carbonyl (C=O) groups is 2. The van der Waals surface area contributed by atoms with Gasteiger partial charge in [0, 0.05) is 13.0 Å². The first-order valence-electron chi connectivity index (χ1n) is 4.65. The van der Waals surface area contributed by atoms with Gasteiger partial charge in [0.2, 0.25) is 5.91 Å². The fourth-order valence-corrected chi connectivity index (χ4v) is 2.03. The number of amides is 1. The maximum atomic E-state index is 11.4. The smallest absolute Gasteiger partial charge is 0.222 e. The number of hydrogen-bond donors (Lipinski definition) is 0. The normalized spacial score (nSPS) is 34.2. The summed E-state index contributed by atoms with van der Waals surface area (Å²) in [5.74, 6) is 0.0596. The molecule has 13 heavy (non-hydrogen) atoms. The van der Waals surface area contributed by atoms with Crippen molar-refractivity contribution in [1.82, 2.24) is 4.90 Å².